The van der Waals surface area contributed by atoms with Crippen molar-refractivity contribution in [2.24, 2.45) is 0 Å². The Labute approximate surface area is 133 Å². The molecule has 1 aliphatic heterocycles. The van der Waals surface area contributed by atoms with Gasteiger partial charge in [0.05, 0.1) is 11.6 Å². The summed E-state index contributed by atoms with van der Waals surface area (Å²) in [6, 6.07) is 12.1. The SMILES string of the molecule is CCN1CN(c2ccc([N+](=O)[O-])c(-c3ccccc3)n2)CC1=O. The summed E-state index contributed by atoms with van der Waals surface area (Å²) in [6.07, 6.45) is 0. The molecule has 0 N–H and O–H groups in total. The molecule has 0 saturated carbocycles. The number of nitro groups is 1. The Bertz CT molecular complexity index is 748. The molecule has 1 amide bonds. The van der Waals surface area contributed by atoms with Crippen LogP contribution in [-0.4, -0.2) is 40.5 Å². The van der Waals surface area contributed by atoms with Gasteiger partial charge in [-0.05, 0) is 13.0 Å². The number of likely N-dealkylation sites (N-methyl/N-ethyl adjacent to an activating group) is 1. The van der Waals surface area contributed by atoms with E-state index in [0.29, 0.717) is 30.3 Å². The van der Waals surface area contributed by atoms with Crippen LogP contribution in [-0.2, 0) is 4.79 Å². The molecule has 2 heterocycles. The second-order valence-electron chi connectivity index (χ2n) is 5.25. The van der Waals surface area contributed by atoms with Crippen molar-refractivity contribution in [3.8, 4) is 11.3 Å². The van der Waals surface area contributed by atoms with Crippen molar-refractivity contribution in [1.82, 2.24) is 9.88 Å². The van der Waals surface area contributed by atoms with Gasteiger partial charge in [0.2, 0.25) is 5.91 Å². The highest BCUT2D eigenvalue weighted by molar-refractivity contribution is 5.84. The zero-order valence-corrected chi connectivity index (χ0v) is 12.7. The number of hydrogen-bond acceptors (Lipinski definition) is 5. The maximum atomic E-state index is 11.9. The fourth-order valence-corrected chi connectivity index (χ4v) is 2.60. The minimum Gasteiger partial charge on any atom is -0.329 e. The highest BCUT2D eigenvalue weighted by Gasteiger charge is 2.28. The third kappa shape index (κ3) is 2.85. The quantitative estimate of drug-likeness (QED) is 0.639. The molecular weight excluding hydrogens is 296 g/mol. The maximum absolute atomic E-state index is 11.9. The van der Waals surface area contributed by atoms with Crippen molar-refractivity contribution in [1.29, 1.82) is 0 Å². The normalized spacial score (nSPS) is 14.4. The lowest BCUT2D eigenvalue weighted by molar-refractivity contribution is -0.384. The van der Waals surface area contributed by atoms with E-state index in [4.69, 9.17) is 0 Å². The van der Waals surface area contributed by atoms with Crippen LogP contribution in [0.5, 0.6) is 0 Å². The number of anilines is 1. The van der Waals surface area contributed by atoms with Gasteiger partial charge in [-0.15, -0.1) is 0 Å². The minimum absolute atomic E-state index is 0.0360. The number of pyridine rings is 1. The van der Waals surface area contributed by atoms with E-state index >= 15 is 0 Å². The van der Waals surface area contributed by atoms with Crippen LogP contribution in [0.2, 0.25) is 0 Å². The van der Waals surface area contributed by atoms with Gasteiger partial charge in [-0.3, -0.25) is 14.9 Å². The van der Waals surface area contributed by atoms with E-state index in [1.807, 2.05) is 30.0 Å². The van der Waals surface area contributed by atoms with Crippen LogP contribution >= 0.6 is 0 Å². The molecule has 1 aromatic heterocycles. The third-order valence-corrected chi connectivity index (χ3v) is 3.83. The van der Waals surface area contributed by atoms with Crippen molar-refractivity contribution >= 4 is 17.4 Å². The van der Waals surface area contributed by atoms with Gasteiger partial charge in [0, 0.05) is 18.2 Å². The van der Waals surface area contributed by atoms with E-state index in [0.717, 1.165) is 0 Å². The number of carbonyl (C=O) groups is 1. The molecule has 23 heavy (non-hydrogen) atoms. The first-order chi connectivity index (χ1) is 11.1. The summed E-state index contributed by atoms with van der Waals surface area (Å²) < 4.78 is 0. The number of amides is 1. The van der Waals surface area contributed by atoms with Gasteiger partial charge >= 0.3 is 0 Å². The predicted octanol–water partition coefficient (Wildman–Crippen LogP) is 2.28. The molecule has 1 aromatic carbocycles. The number of aromatic nitrogens is 1. The first kappa shape index (κ1) is 15.0. The maximum Gasteiger partial charge on any atom is 0.295 e. The monoisotopic (exact) mass is 312 g/mol. The van der Waals surface area contributed by atoms with Crippen LogP contribution in [0.1, 0.15) is 6.92 Å². The lowest BCUT2D eigenvalue weighted by Gasteiger charge is -2.18. The Morgan fingerprint density at radius 1 is 1.22 bits per heavy atom. The number of nitrogens with zero attached hydrogens (tertiary/aromatic N) is 4. The Balaban J connectivity index is 2.01. The fourth-order valence-electron chi connectivity index (χ4n) is 2.60. The highest BCUT2D eigenvalue weighted by atomic mass is 16.6. The van der Waals surface area contributed by atoms with E-state index in [-0.39, 0.29) is 18.1 Å². The molecule has 1 aliphatic rings. The average Bonchev–Trinajstić information content (AvgIpc) is 2.96. The topological polar surface area (TPSA) is 79.6 Å². The van der Waals surface area contributed by atoms with Crippen molar-refractivity contribution in [3.63, 3.8) is 0 Å². The molecule has 0 atom stereocenters. The molecule has 7 nitrogen and oxygen atoms in total. The van der Waals surface area contributed by atoms with Gasteiger partial charge in [-0.1, -0.05) is 30.3 Å². The molecule has 2 aromatic rings. The molecule has 0 spiro atoms. The van der Waals surface area contributed by atoms with Crippen molar-refractivity contribution < 1.29 is 9.72 Å². The molecule has 3 rings (SSSR count). The molecule has 1 fully saturated rings. The standard InChI is InChI=1S/C16H16N4O3/c1-2-18-11-19(10-15(18)21)14-9-8-13(20(22)23)16(17-14)12-6-4-3-5-7-12/h3-9H,2,10-11H2,1H3. The Morgan fingerprint density at radius 3 is 2.57 bits per heavy atom. The Hall–Kier alpha value is -2.96. The first-order valence-corrected chi connectivity index (χ1v) is 7.33. The minimum atomic E-state index is -0.438. The van der Waals surface area contributed by atoms with Crippen molar-refractivity contribution in [2.45, 2.75) is 6.92 Å². The lowest BCUT2D eigenvalue weighted by atomic mass is 10.1. The van der Waals surface area contributed by atoms with Gasteiger partial charge in [-0.25, -0.2) is 4.98 Å². The van der Waals surface area contributed by atoms with Crippen LogP contribution in [0.15, 0.2) is 42.5 Å². The van der Waals surface area contributed by atoms with E-state index in [2.05, 4.69) is 4.98 Å². The summed E-state index contributed by atoms with van der Waals surface area (Å²) in [5.74, 6) is 0.604. The number of benzene rings is 1. The van der Waals surface area contributed by atoms with Crippen molar-refractivity contribution in [2.75, 3.05) is 24.7 Å². The second kappa shape index (κ2) is 6.04. The molecule has 0 aliphatic carbocycles. The predicted molar refractivity (Wildman–Crippen MR) is 85.9 cm³/mol. The summed E-state index contributed by atoms with van der Waals surface area (Å²) in [5, 5.41) is 11.3. The van der Waals surface area contributed by atoms with E-state index in [1.165, 1.54) is 6.07 Å². The Morgan fingerprint density at radius 2 is 1.96 bits per heavy atom. The smallest absolute Gasteiger partial charge is 0.295 e. The van der Waals surface area contributed by atoms with E-state index in [1.54, 1.807) is 23.1 Å². The summed E-state index contributed by atoms with van der Waals surface area (Å²) in [7, 11) is 0. The zero-order valence-electron chi connectivity index (χ0n) is 12.7. The molecule has 0 bridgehead atoms. The second-order valence-corrected chi connectivity index (χ2v) is 5.25. The number of hydrogen-bond donors (Lipinski definition) is 0. The van der Waals surface area contributed by atoms with Crippen LogP contribution in [0.25, 0.3) is 11.3 Å². The summed E-state index contributed by atoms with van der Waals surface area (Å²) in [6.45, 7) is 3.25. The number of rotatable bonds is 4. The lowest BCUT2D eigenvalue weighted by Crippen LogP contribution is -2.27. The van der Waals surface area contributed by atoms with Gasteiger partial charge < -0.3 is 9.80 Å². The summed E-state index contributed by atoms with van der Waals surface area (Å²) in [4.78, 5) is 30.7. The van der Waals surface area contributed by atoms with Gasteiger partial charge in [-0.2, -0.15) is 0 Å². The van der Waals surface area contributed by atoms with Crippen LogP contribution < -0.4 is 4.90 Å². The molecule has 118 valence electrons. The average molecular weight is 312 g/mol. The van der Waals surface area contributed by atoms with Crippen LogP contribution in [0.4, 0.5) is 11.5 Å². The first-order valence-electron chi connectivity index (χ1n) is 7.33. The molecule has 0 radical (unpaired) electrons. The van der Waals surface area contributed by atoms with Crippen LogP contribution in [0.3, 0.4) is 0 Å². The third-order valence-electron chi connectivity index (χ3n) is 3.83. The van der Waals surface area contributed by atoms with Gasteiger partial charge in [0.1, 0.15) is 12.4 Å². The largest absolute Gasteiger partial charge is 0.329 e. The summed E-state index contributed by atoms with van der Waals surface area (Å²) >= 11 is 0. The molecule has 1 saturated heterocycles. The van der Waals surface area contributed by atoms with E-state index < -0.39 is 4.92 Å². The van der Waals surface area contributed by atoms with Crippen molar-refractivity contribution in [3.05, 3.63) is 52.6 Å². The highest BCUT2D eigenvalue weighted by Crippen LogP contribution is 2.30. The zero-order chi connectivity index (χ0) is 16.4. The van der Waals surface area contributed by atoms with Crippen LogP contribution in [0, 0.1) is 10.1 Å². The van der Waals surface area contributed by atoms with Gasteiger partial charge in [0.25, 0.3) is 5.69 Å². The molecular formula is C16H16N4O3. The summed E-state index contributed by atoms with van der Waals surface area (Å²) in [5.41, 5.74) is 0.951. The van der Waals surface area contributed by atoms with E-state index in [9.17, 15) is 14.9 Å². The molecule has 7 heteroatoms. The van der Waals surface area contributed by atoms with Gasteiger partial charge in [0.15, 0.2) is 5.69 Å². The fraction of sp³-hybridized carbons (Fsp3) is 0.250. The molecule has 0 unspecified atom stereocenters. The number of carbonyl (C=O) groups excluding carboxylic acids is 1. The Kier molecular flexibility index (Phi) is 3.92.